The number of hydrogen-bond acceptors (Lipinski definition) is 5. The zero-order valence-corrected chi connectivity index (χ0v) is 16.5. The van der Waals surface area contributed by atoms with Crippen LogP contribution >= 0.6 is 0 Å². The number of aliphatic carboxylic acids is 1. The second-order valence-electron chi connectivity index (χ2n) is 4.53. The number of anilines is 1. The fourth-order valence-corrected chi connectivity index (χ4v) is 2.33. The minimum Gasteiger partial charge on any atom is -0.702 e. The van der Waals surface area contributed by atoms with Crippen LogP contribution in [-0.4, -0.2) is 29.3 Å². The van der Waals surface area contributed by atoms with Crippen LogP contribution in [0, 0.1) is 6.92 Å². The van der Waals surface area contributed by atoms with Gasteiger partial charge in [0.05, 0.1) is 19.6 Å². The van der Waals surface area contributed by atoms with Gasteiger partial charge in [0, 0.05) is 24.8 Å². The van der Waals surface area contributed by atoms with Gasteiger partial charge in [-0.15, -0.1) is 4.68 Å². The maximum absolute atomic E-state index is 10.6. The first-order valence-corrected chi connectivity index (χ1v) is 6.45. The van der Waals surface area contributed by atoms with Crippen LogP contribution < -0.4 is 66.0 Å². The smallest absolute Gasteiger partial charge is 0.702 e. The zero-order valence-electron chi connectivity index (χ0n) is 12.5. The van der Waals surface area contributed by atoms with Gasteiger partial charge in [-0.3, -0.25) is 0 Å². The topological polar surface area (TPSA) is 65.1 Å². The van der Waals surface area contributed by atoms with E-state index in [-0.39, 0.29) is 57.9 Å². The second-order valence-corrected chi connectivity index (χ2v) is 4.90. The fourth-order valence-electron chi connectivity index (χ4n) is 1.97. The van der Waals surface area contributed by atoms with E-state index in [0.29, 0.717) is 5.16 Å². The predicted octanol–water partition coefficient (Wildman–Crippen LogP) is -3.90. The van der Waals surface area contributed by atoms with Gasteiger partial charge in [0.2, 0.25) is 5.82 Å². The van der Waals surface area contributed by atoms with E-state index in [1.807, 2.05) is 42.8 Å². The standard InChI is InChI=1S/C13H16N4O2S.K/c1-9-16(3)14-13(20)17(9)11-6-4-10(5-7-11)15(2)8-12(18)19;/h4-7H,8H2,1-3H3,(H-,14,18,19,20);/q;+1/p-1. The number of carbonyl (C=O) groups excluding carboxylic acids is 1. The third kappa shape index (κ3) is 4.24. The molecule has 0 unspecified atom stereocenters. The van der Waals surface area contributed by atoms with Crippen LogP contribution in [0.2, 0.25) is 0 Å². The molecule has 0 bridgehead atoms. The largest absolute Gasteiger partial charge is 1.00 e. The van der Waals surface area contributed by atoms with Crippen molar-refractivity contribution in [1.82, 2.24) is 9.78 Å². The van der Waals surface area contributed by atoms with Crippen LogP contribution in [0.5, 0.6) is 0 Å². The molecule has 2 aromatic rings. The van der Waals surface area contributed by atoms with Gasteiger partial charge in [-0.05, 0) is 24.3 Å². The minimum absolute atomic E-state index is 0. The normalized spacial score (nSPS) is 10.0. The molecule has 0 aliphatic carbocycles. The molecule has 0 fully saturated rings. The Bertz CT molecular complexity index is 642. The summed E-state index contributed by atoms with van der Waals surface area (Å²) in [6, 6.07) is 7.44. The minimum atomic E-state index is -1.11. The molecule has 106 valence electrons. The van der Waals surface area contributed by atoms with Crippen molar-refractivity contribution in [2.75, 3.05) is 18.5 Å². The van der Waals surface area contributed by atoms with E-state index in [1.54, 1.807) is 16.6 Å². The molecule has 0 saturated carbocycles. The molecular formula is C13H15KN4O2S. The average molecular weight is 330 g/mol. The molecule has 2 rings (SSSR count). The molecular weight excluding hydrogens is 315 g/mol. The Morgan fingerprint density at radius 1 is 1.43 bits per heavy atom. The van der Waals surface area contributed by atoms with Crippen molar-refractivity contribution in [3.63, 3.8) is 0 Å². The van der Waals surface area contributed by atoms with Gasteiger partial charge >= 0.3 is 51.4 Å². The maximum Gasteiger partial charge on any atom is 1.00 e. The number of aryl methyl sites for hydroxylation is 1. The molecule has 8 heteroatoms. The van der Waals surface area contributed by atoms with Crippen LogP contribution in [-0.2, 0) is 24.5 Å². The van der Waals surface area contributed by atoms with Gasteiger partial charge < -0.3 is 27.4 Å². The average Bonchev–Trinajstić information content (AvgIpc) is 2.63. The Hall–Kier alpha value is -0.514. The summed E-state index contributed by atoms with van der Waals surface area (Å²) in [5.74, 6) is -0.187. The van der Waals surface area contributed by atoms with Crippen LogP contribution in [0.25, 0.3) is 5.69 Å². The number of likely N-dealkylation sites (N-methyl/N-ethyl adjacent to an activating group) is 1. The van der Waals surface area contributed by atoms with Crippen molar-refractivity contribution in [2.45, 2.75) is 12.1 Å². The van der Waals surface area contributed by atoms with E-state index in [1.165, 1.54) is 0 Å². The summed E-state index contributed by atoms with van der Waals surface area (Å²) in [4.78, 5) is 12.2. The number of carboxylic acid groups (broad SMARTS) is 1. The van der Waals surface area contributed by atoms with Gasteiger partial charge in [-0.25, -0.2) is 4.57 Å². The molecule has 0 saturated heterocycles. The first-order chi connectivity index (χ1) is 9.40. The van der Waals surface area contributed by atoms with Gasteiger partial charge in [0.15, 0.2) is 5.16 Å². The second kappa shape index (κ2) is 7.66. The van der Waals surface area contributed by atoms with E-state index in [4.69, 9.17) is 12.6 Å². The number of carboxylic acids is 1. The summed E-state index contributed by atoms with van der Waals surface area (Å²) in [5, 5.41) is 15.3. The van der Waals surface area contributed by atoms with Gasteiger partial charge in [-0.2, -0.15) is 0 Å². The van der Waals surface area contributed by atoms with E-state index >= 15 is 0 Å². The molecule has 0 radical (unpaired) electrons. The van der Waals surface area contributed by atoms with Crippen molar-refractivity contribution in [2.24, 2.45) is 7.05 Å². The van der Waals surface area contributed by atoms with Crippen LogP contribution in [0.1, 0.15) is 5.82 Å². The van der Waals surface area contributed by atoms with Crippen molar-refractivity contribution in [1.29, 1.82) is 0 Å². The summed E-state index contributed by atoms with van der Waals surface area (Å²) in [5.41, 5.74) is 1.69. The Kier molecular flexibility index (Phi) is 6.76. The number of benzene rings is 1. The Morgan fingerprint density at radius 2 is 2.00 bits per heavy atom. The summed E-state index contributed by atoms with van der Waals surface area (Å²) in [6.45, 7) is 1.78. The molecule has 1 aromatic carbocycles. The van der Waals surface area contributed by atoms with Gasteiger partial charge in [0.1, 0.15) is 5.69 Å². The van der Waals surface area contributed by atoms with Crippen molar-refractivity contribution in [3.05, 3.63) is 30.1 Å². The first-order valence-electron chi connectivity index (χ1n) is 6.04. The maximum atomic E-state index is 10.6. The molecule has 0 N–H and O–H groups in total. The summed E-state index contributed by atoms with van der Waals surface area (Å²) >= 11 is 5.22. The molecule has 0 aliphatic heterocycles. The van der Waals surface area contributed by atoms with Crippen molar-refractivity contribution >= 4 is 24.3 Å². The monoisotopic (exact) mass is 330 g/mol. The number of carbonyl (C=O) groups is 1. The quantitative estimate of drug-likeness (QED) is 0.326. The number of hydrogen-bond donors (Lipinski definition) is 0. The summed E-state index contributed by atoms with van der Waals surface area (Å²) in [6.07, 6.45) is 0. The number of nitrogens with zero attached hydrogens (tertiary/aromatic N) is 4. The van der Waals surface area contributed by atoms with Gasteiger partial charge in [0.25, 0.3) is 0 Å². The zero-order chi connectivity index (χ0) is 14.9. The summed E-state index contributed by atoms with van der Waals surface area (Å²) in [7, 11) is 3.54. The van der Waals surface area contributed by atoms with E-state index < -0.39 is 5.97 Å². The van der Waals surface area contributed by atoms with Crippen LogP contribution in [0.15, 0.2) is 29.4 Å². The number of rotatable bonds is 4. The van der Waals surface area contributed by atoms with E-state index in [0.717, 1.165) is 17.2 Å². The van der Waals surface area contributed by atoms with Crippen molar-refractivity contribution < 1.29 is 65.9 Å². The molecule has 21 heavy (non-hydrogen) atoms. The Labute approximate surface area is 171 Å². The molecule has 6 nitrogen and oxygen atoms in total. The van der Waals surface area contributed by atoms with E-state index in [2.05, 4.69) is 5.10 Å². The molecule has 0 aliphatic rings. The van der Waals surface area contributed by atoms with Crippen LogP contribution in [0.3, 0.4) is 0 Å². The first kappa shape index (κ1) is 18.5. The predicted molar refractivity (Wildman–Crippen MR) is 73.4 cm³/mol. The Balaban J connectivity index is 0.00000220. The third-order valence-electron chi connectivity index (χ3n) is 3.13. The molecule has 0 amide bonds. The number of aromatic nitrogens is 3. The summed E-state index contributed by atoms with van der Waals surface area (Å²) < 4.78 is 3.58. The fraction of sp³-hybridized carbons (Fsp3) is 0.308. The van der Waals surface area contributed by atoms with E-state index in [9.17, 15) is 9.90 Å². The van der Waals surface area contributed by atoms with Gasteiger partial charge in [-0.1, -0.05) is 0 Å². The Morgan fingerprint density at radius 3 is 2.43 bits per heavy atom. The SMILES string of the molecule is Cc1n(C)nc([S-])[n+]1-c1ccc(N(C)CC(=O)[O-])cc1.[K+]. The molecule has 1 heterocycles. The third-order valence-corrected chi connectivity index (χ3v) is 3.40. The van der Waals surface area contributed by atoms with Crippen LogP contribution in [0.4, 0.5) is 5.69 Å². The molecule has 1 aromatic heterocycles. The molecule has 0 spiro atoms. The molecule has 0 atom stereocenters. The van der Waals surface area contributed by atoms with Crippen molar-refractivity contribution in [3.8, 4) is 5.69 Å².